The van der Waals surface area contributed by atoms with E-state index in [2.05, 4.69) is 52.7 Å². The molecule has 0 saturated heterocycles. The van der Waals surface area contributed by atoms with Gasteiger partial charge in [-0.3, -0.25) is 9.69 Å². The molecule has 3 nitrogen and oxygen atoms in total. The van der Waals surface area contributed by atoms with Gasteiger partial charge in [0.15, 0.2) is 0 Å². The zero-order valence-corrected chi connectivity index (χ0v) is 16.5. The van der Waals surface area contributed by atoms with Crippen molar-refractivity contribution in [2.75, 3.05) is 11.9 Å². The van der Waals surface area contributed by atoms with E-state index in [4.69, 9.17) is 0 Å². The molecular weight excluding hydrogens is 344 g/mol. The molecule has 1 N–H and O–H groups in total. The second kappa shape index (κ2) is 7.99. The van der Waals surface area contributed by atoms with Crippen LogP contribution in [0.3, 0.4) is 0 Å². The molecule has 0 unspecified atom stereocenters. The molecule has 3 heteroatoms. The number of amides is 1. The zero-order valence-electron chi connectivity index (χ0n) is 16.5. The van der Waals surface area contributed by atoms with Crippen molar-refractivity contribution >= 4 is 11.6 Å². The summed E-state index contributed by atoms with van der Waals surface area (Å²) < 4.78 is 0. The Hall–Kier alpha value is -2.91. The number of nitrogens with zero attached hydrogens (tertiary/aromatic N) is 1. The number of hydrogen-bond acceptors (Lipinski definition) is 2. The van der Waals surface area contributed by atoms with Crippen LogP contribution in [0.4, 0.5) is 5.69 Å². The van der Waals surface area contributed by atoms with Gasteiger partial charge in [-0.05, 0) is 66.3 Å². The normalized spacial score (nSPS) is 13.8. The van der Waals surface area contributed by atoms with Crippen LogP contribution in [-0.2, 0) is 19.5 Å². The number of carbonyl (C=O) groups is 1. The van der Waals surface area contributed by atoms with Crippen LogP contribution in [0.1, 0.15) is 38.2 Å². The molecule has 0 spiro atoms. The third-order valence-corrected chi connectivity index (χ3v) is 5.47. The van der Waals surface area contributed by atoms with E-state index in [0.717, 1.165) is 42.9 Å². The van der Waals surface area contributed by atoms with E-state index >= 15 is 0 Å². The number of benzene rings is 3. The average molecular weight is 370 g/mol. The Morgan fingerprint density at radius 3 is 2.50 bits per heavy atom. The van der Waals surface area contributed by atoms with Gasteiger partial charge >= 0.3 is 0 Å². The summed E-state index contributed by atoms with van der Waals surface area (Å²) in [6.07, 6.45) is 1.10. The Kier molecular flexibility index (Phi) is 5.27. The predicted octanol–water partition coefficient (Wildman–Crippen LogP) is 5.11. The number of hydrogen-bond donors (Lipinski definition) is 1. The Bertz CT molecular complexity index is 992. The highest BCUT2D eigenvalue weighted by Gasteiger charge is 2.16. The summed E-state index contributed by atoms with van der Waals surface area (Å²) in [6.45, 7) is 7.02. The van der Waals surface area contributed by atoms with Crippen LogP contribution in [0.5, 0.6) is 0 Å². The van der Waals surface area contributed by atoms with Crippen molar-refractivity contribution in [3.8, 4) is 0 Å². The SMILES string of the molecule is Cc1ccc(C)c(NC(=O)c2ccc(CN3CCc4ccccc4C3)cc2)c1. The van der Waals surface area contributed by atoms with E-state index in [-0.39, 0.29) is 5.91 Å². The molecule has 1 amide bonds. The molecule has 1 aliphatic heterocycles. The Morgan fingerprint density at radius 2 is 1.71 bits per heavy atom. The molecule has 1 aliphatic rings. The molecule has 0 aromatic heterocycles. The number of rotatable bonds is 4. The quantitative estimate of drug-likeness (QED) is 0.692. The summed E-state index contributed by atoms with van der Waals surface area (Å²) >= 11 is 0. The van der Waals surface area contributed by atoms with Crippen LogP contribution in [-0.4, -0.2) is 17.4 Å². The van der Waals surface area contributed by atoms with Gasteiger partial charge in [0.05, 0.1) is 0 Å². The summed E-state index contributed by atoms with van der Waals surface area (Å²) in [7, 11) is 0. The maximum absolute atomic E-state index is 12.6. The first-order valence-corrected chi connectivity index (χ1v) is 9.85. The van der Waals surface area contributed by atoms with Crippen molar-refractivity contribution in [2.45, 2.75) is 33.4 Å². The highest BCUT2D eigenvalue weighted by atomic mass is 16.1. The van der Waals surface area contributed by atoms with Crippen molar-refractivity contribution in [2.24, 2.45) is 0 Å². The summed E-state index contributed by atoms with van der Waals surface area (Å²) in [5.41, 5.74) is 7.91. The van der Waals surface area contributed by atoms with Gasteiger partial charge in [0, 0.05) is 30.9 Å². The minimum absolute atomic E-state index is 0.0628. The van der Waals surface area contributed by atoms with E-state index in [1.807, 2.05) is 38.1 Å². The van der Waals surface area contributed by atoms with Gasteiger partial charge < -0.3 is 5.32 Å². The van der Waals surface area contributed by atoms with E-state index in [9.17, 15) is 4.79 Å². The first-order valence-electron chi connectivity index (χ1n) is 9.85. The largest absolute Gasteiger partial charge is 0.322 e. The van der Waals surface area contributed by atoms with Gasteiger partial charge in [-0.1, -0.05) is 48.5 Å². The molecule has 0 fully saturated rings. The molecule has 1 heterocycles. The van der Waals surface area contributed by atoms with Gasteiger partial charge in [0.25, 0.3) is 5.91 Å². The molecule has 4 rings (SSSR count). The summed E-state index contributed by atoms with van der Waals surface area (Å²) in [6, 6.07) is 22.8. The number of carbonyl (C=O) groups excluding carboxylic acids is 1. The third kappa shape index (κ3) is 4.15. The predicted molar refractivity (Wildman–Crippen MR) is 115 cm³/mol. The number of anilines is 1. The van der Waals surface area contributed by atoms with Crippen molar-refractivity contribution < 1.29 is 4.79 Å². The Labute approximate surface area is 167 Å². The van der Waals surface area contributed by atoms with Crippen LogP contribution in [0.2, 0.25) is 0 Å². The highest BCUT2D eigenvalue weighted by molar-refractivity contribution is 6.04. The Morgan fingerprint density at radius 1 is 0.964 bits per heavy atom. The molecular formula is C25H26N2O. The van der Waals surface area contributed by atoms with Crippen LogP contribution < -0.4 is 5.32 Å². The molecule has 0 bridgehead atoms. The van der Waals surface area contributed by atoms with E-state index in [1.54, 1.807) is 0 Å². The summed E-state index contributed by atoms with van der Waals surface area (Å²) in [5.74, 6) is -0.0628. The summed E-state index contributed by atoms with van der Waals surface area (Å²) in [4.78, 5) is 15.1. The molecule has 3 aromatic carbocycles. The molecule has 0 aliphatic carbocycles. The van der Waals surface area contributed by atoms with E-state index < -0.39 is 0 Å². The maximum atomic E-state index is 12.6. The maximum Gasteiger partial charge on any atom is 0.255 e. The lowest BCUT2D eigenvalue weighted by atomic mass is 9.99. The second-order valence-corrected chi connectivity index (χ2v) is 7.70. The van der Waals surface area contributed by atoms with Crippen LogP contribution in [0, 0.1) is 13.8 Å². The highest BCUT2D eigenvalue weighted by Crippen LogP contribution is 2.21. The lowest BCUT2D eigenvalue weighted by molar-refractivity contribution is 0.102. The Balaban J connectivity index is 1.40. The van der Waals surface area contributed by atoms with E-state index in [0.29, 0.717) is 5.56 Å². The van der Waals surface area contributed by atoms with Gasteiger partial charge in [-0.15, -0.1) is 0 Å². The van der Waals surface area contributed by atoms with Crippen molar-refractivity contribution in [3.63, 3.8) is 0 Å². The van der Waals surface area contributed by atoms with E-state index in [1.165, 1.54) is 16.7 Å². The smallest absolute Gasteiger partial charge is 0.255 e. The van der Waals surface area contributed by atoms with Gasteiger partial charge in [-0.2, -0.15) is 0 Å². The lowest BCUT2D eigenvalue weighted by Gasteiger charge is -2.28. The number of nitrogens with one attached hydrogen (secondary N) is 1. The fourth-order valence-corrected chi connectivity index (χ4v) is 3.77. The fourth-order valence-electron chi connectivity index (χ4n) is 3.77. The first kappa shape index (κ1) is 18.5. The van der Waals surface area contributed by atoms with Crippen molar-refractivity contribution in [1.82, 2.24) is 4.90 Å². The van der Waals surface area contributed by atoms with Gasteiger partial charge in [0.1, 0.15) is 0 Å². The molecule has 142 valence electrons. The van der Waals surface area contributed by atoms with Gasteiger partial charge in [-0.25, -0.2) is 0 Å². The van der Waals surface area contributed by atoms with Crippen LogP contribution >= 0.6 is 0 Å². The lowest BCUT2D eigenvalue weighted by Crippen LogP contribution is -2.29. The van der Waals surface area contributed by atoms with Crippen LogP contribution in [0.25, 0.3) is 0 Å². The van der Waals surface area contributed by atoms with Crippen LogP contribution in [0.15, 0.2) is 66.7 Å². The zero-order chi connectivity index (χ0) is 19.5. The average Bonchev–Trinajstić information content (AvgIpc) is 2.71. The second-order valence-electron chi connectivity index (χ2n) is 7.70. The topological polar surface area (TPSA) is 32.3 Å². The minimum Gasteiger partial charge on any atom is -0.322 e. The fraction of sp³-hybridized carbons (Fsp3) is 0.240. The van der Waals surface area contributed by atoms with Crippen molar-refractivity contribution in [3.05, 3.63) is 100 Å². The first-order chi connectivity index (χ1) is 13.6. The molecule has 28 heavy (non-hydrogen) atoms. The monoisotopic (exact) mass is 370 g/mol. The summed E-state index contributed by atoms with van der Waals surface area (Å²) in [5, 5.41) is 3.03. The number of aryl methyl sites for hydroxylation is 2. The minimum atomic E-state index is -0.0628. The molecule has 0 atom stereocenters. The molecule has 0 radical (unpaired) electrons. The van der Waals surface area contributed by atoms with Gasteiger partial charge in [0.2, 0.25) is 0 Å². The number of fused-ring (bicyclic) bond motifs is 1. The van der Waals surface area contributed by atoms with Crippen molar-refractivity contribution in [1.29, 1.82) is 0 Å². The third-order valence-electron chi connectivity index (χ3n) is 5.47. The standard InChI is InChI=1S/C25H26N2O/c1-18-7-8-19(2)24(15-18)26-25(28)22-11-9-20(10-12-22)16-27-14-13-21-5-3-4-6-23(21)17-27/h3-12,15H,13-14,16-17H2,1-2H3,(H,26,28). The molecule has 0 saturated carbocycles. The molecule has 3 aromatic rings.